The fraction of sp³-hybridized carbons (Fsp3) is 0.600. The molecule has 1 saturated heterocycles. The Morgan fingerprint density at radius 3 is 2.62 bits per heavy atom. The average Bonchev–Trinajstić information content (AvgIpc) is 2.97. The van der Waals surface area contributed by atoms with E-state index < -0.39 is 0 Å². The summed E-state index contributed by atoms with van der Waals surface area (Å²) >= 11 is 5.69. The molecule has 0 amide bonds. The lowest BCUT2D eigenvalue weighted by atomic mass is 9.78. The number of nitrogens with zero attached hydrogens (tertiary/aromatic N) is 4. The highest BCUT2D eigenvalue weighted by Crippen LogP contribution is 2.35. The summed E-state index contributed by atoms with van der Waals surface area (Å²) in [5, 5.41) is 4.86. The van der Waals surface area contributed by atoms with Gasteiger partial charge in [0.05, 0.1) is 13.8 Å². The summed E-state index contributed by atoms with van der Waals surface area (Å²) in [6.45, 7) is 1.97. The highest BCUT2D eigenvalue weighted by molar-refractivity contribution is 7.71. The molecule has 26 heavy (non-hydrogen) atoms. The Morgan fingerprint density at radius 2 is 1.85 bits per heavy atom. The van der Waals surface area contributed by atoms with Gasteiger partial charge in [-0.15, -0.1) is 0 Å². The fourth-order valence-corrected chi connectivity index (χ4v) is 4.83. The quantitative estimate of drug-likeness (QED) is 0.752. The number of likely N-dealkylation sites (tertiary alicyclic amines) is 1. The zero-order chi connectivity index (χ0) is 18.1. The predicted molar refractivity (Wildman–Crippen MR) is 106 cm³/mol. The van der Waals surface area contributed by atoms with Crippen molar-refractivity contribution >= 4 is 12.2 Å². The van der Waals surface area contributed by atoms with E-state index in [2.05, 4.69) is 4.90 Å². The van der Waals surface area contributed by atoms with Crippen molar-refractivity contribution in [2.24, 2.45) is 13.0 Å². The van der Waals surface area contributed by atoms with Crippen LogP contribution in [0, 0.1) is 10.7 Å². The molecule has 0 spiro atoms. The molecule has 5 nitrogen and oxygen atoms in total. The van der Waals surface area contributed by atoms with Gasteiger partial charge in [-0.25, -0.2) is 4.68 Å². The Bertz CT molecular complexity index is 808. The molecule has 1 saturated carbocycles. The lowest BCUT2D eigenvalue weighted by molar-refractivity contribution is 0.0323. The van der Waals surface area contributed by atoms with Gasteiger partial charge in [-0.3, -0.25) is 4.90 Å². The van der Waals surface area contributed by atoms with Gasteiger partial charge < -0.3 is 9.30 Å². The van der Waals surface area contributed by atoms with Crippen LogP contribution >= 0.6 is 12.2 Å². The number of aromatic nitrogens is 3. The summed E-state index contributed by atoms with van der Waals surface area (Å²) in [6.07, 6.45) is 8.18. The van der Waals surface area contributed by atoms with Gasteiger partial charge in [0, 0.05) is 25.2 Å². The second kappa shape index (κ2) is 7.53. The molecule has 2 atom stereocenters. The lowest BCUT2D eigenvalue weighted by Gasteiger charge is -2.43. The summed E-state index contributed by atoms with van der Waals surface area (Å²) in [6, 6.07) is 8.73. The van der Waals surface area contributed by atoms with Crippen molar-refractivity contribution in [2.75, 3.05) is 13.7 Å². The predicted octanol–water partition coefficient (Wildman–Crippen LogP) is 4.24. The SMILES string of the molecule is COc1ccc(-c2nn(CN3CCC[C@@H]4CCCC[C@@H]43)c(=S)n2C)cc1. The minimum Gasteiger partial charge on any atom is -0.497 e. The second-order valence-electron chi connectivity index (χ2n) is 7.60. The smallest absolute Gasteiger partial charge is 0.199 e. The maximum atomic E-state index is 5.69. The molecule has 4 rings (SSSR count). The molecule has 0 radical (unpaired) electrons. The molecule has 0 unspecified atom stereocenters. The number of methoxy groups -OCH3 is 1. The molecule has 1 aromatic carbocycles. The van der Waals surface area contributed by atoms with Crippen molar-refractivity contribution in [3.8, 4) is 17.1 Å². The van der Waals surface area contributed by atoms with Crippen LogP contribution in [-0.2, 0) is 13.7 Å². The van der Waals surface area contributed by atoms with Crippen LogP contribution < -0.4 is 4.74 Å². The van der Waals surface area contributed by atoms with Crippen LogP contribution in [0.5, 0.6) is 5.75 Å². The number of ether oxygens (including phenoxy) is 1. The highest BCUT2D eigenvalue weighted by atomic mass is 32.1. The molecule has 1 aromatic heterocycles. The maximum absolute atomic E-state index is 5.69. The van der Waals surface area contributed by atoms with Crippen molar-refractivity contribution in [1.82, 2.24) is 19.2 Å². The summed E-state index contributed by atoms with van der Waals surface area (Å²) in [7, 11) is 3.69. The van der Waals surface area contributed by atoms with Crippen LogP contribution in [0.15, 0.2) is 24.3 Å². The van der Waals surface area contributed by atoms with Crippen LogP contribution in [0.4, 0.5) is 0 Å². The average molecular weight is 373 g/mol. The van der Waals surface area contributed by atoms with Crippen LogP contribution in [0.25, 0.3) is 11.4 Å². The van der Waals surface area contributed by atoms with E-state index in [4.69, 9.17) is 22.1 Å². The first-order chi connectivity index (χ1) is 12.7. The standard InChI is InChI=1S/C20H28N4OS/c1-22-19(16-9-11-17(25-2)12-10-16)21-24(20(22)26)14-23-13-5-7-15-6-3-4-8-18(15)23/h9-12,15,18H,3-8,13-14H2,1-2H3/t15-,18-/m0/s1. The Labute approximate surface area is 160 Å². The molecule has 2 aliphatic rings. The van der Waals surface area contributed by atoms with Crippen molar-refractivity contribution in [1.29, 1.82) is 0 Å². The van der Waals surface area contributed by atoms with E-state index in [0.29, 0.717) is 6.04 Å². The third-order valence-electron chi connectivity index (χ3n) is 6.06. The highest BCUT2D eigenvalue weighted by Gasteiger charge is 2.33. The Balaban J connectivity index is 1.58. The number of rotatable bonds is 4. The molecule has 6 heteroatoms. The van der Waals surface area contributed by atoms with Gasteiger partial charge in [-0.1, -0.05) is 12.8 Å². The Morgan fingerprint density at radius 1 is 1.12 bits per heavy atom. The number of hydrogen-bond donors (Lipinski definition) is 0. The van der Waals surface area contributed by atoms with Gasteiger partial charge in [0.1, 0.15) is 5.75 Å². The van der Waals surface area contributed by atoms with Crippen LogP contribution in [0.1, 0.15) is 38.5 Å². The van der Waals surface area contributed by atoms with Crippen molar-refractivity contribution in [3.05, 3.63) is 29.0 Å². The Hall–Kier alpha value is -1.66. The summed E-state index contributed by atoms with van der Waals surface area (Å²) < 4.78 is 10.1. The molecule has 2 heterocycles. The number of hydrogen-bond acceptors (Lipinski definition) is 4. The van der Waals surface area contributed by atoms with Crippen molar-refractivity contribution < 1.29 is 4.74 Å². The minimum absolute atomic E-state index is 0.714. The molecule has 2 aromatic rings. The van der Waals surface area contributed by atoms with E-state index in [1.54, 1.807) is 7.11 Å². The largest absolute Gasteiger partial charge is 0.497 e. The first kappa shape index (κ1) is 17.7. The van der Waals surface area contributed by atoms with Gasteiger partial charge in [0.25, 0.3) is 0 Å². The van der Waals surface area contributed by atoms with E-state index >= 15 is 0 Å². The van der Waals surface area contributed by atoms with E-state index in [0.717, 1.165) is 41.0 Å². The lowest BCUT2D eigenvalue weighted by Crippen LogP contribution is -2.47. The topological polar surface area (TPSA) is 35.2 Å². The molecular formula is C20H28N4OS. The third-order valence-corrected chi connectivity index (χ3v) is 6.55. The van der Waals surface area contributed by atoms with Gasteiger partial charge in [-0.05, 0) is 68.1 Å². The maximum Gasteiger partial charge on any atom is 0.199 e. The molecule has 1 aliphatic heterocycles. The van der Waals surface area contributed by atoms with Crippen LogP contribution in [0.3, 0.4) is 0 Å². The first-order valence-corrected chi connectivity index (χ1v) is 10.1. The number of fused-ring (bicyclic) bond motifs is 1. The third kappa shape index (κ3) is 3.32. The van der Waals surface area contributed by atoms with E-state index in [-0.39, 0.29) is 0 Å². The minimum atomic E-state index is 0.714. The van der Waals surface area contributed by atoms with Crippen molar-refractivity contribution in [3.63, 3.8) is 0 Å². The van der Waals surface area contributed by atoms with E-state index in [1.807, 2.05) is 40.6 Å². The van der Waals surface area contributed by atoms with Gasteiger partial charge in [0.15, 0.2) is 10.6 Å². The van der Waals surface area contributed by atoms with Gasteiger partial charge >= 0.3 is 0 Å². The summed E-state index contributed by atoms with van der Waals surface area (Å²) in [5.74, 6) is 2.64. The molecule has 140 valence electrons. The van der Waals surface area contributed by atoms with Gasteiger partial charge in [0.2, 0.25) is 0 Å². The van der Waals surface area contributed by atoms with E-state index in [9.17, 15) is 0 Å². The second-order valence-corrected chi connectivity index (χ2v) is 7.97. The number of benzene rings is 1. The van der Waals surface area contributed by atoms with Gasteiger partial charge in [-0.2, -0.15) is 5.10 Å². The number of piperidine rings is 1. The fourth-order valence-electron chi connectivity index (χ4n) is 4.65. The molecule has 0 N–H and O–H groups in total. The first-order valence-electron chi connectivity index (χ1n) is 9.69. The summed E-state index contributed by atoms with van der Waals surface area (Å²) in [4.78, 5) is 2.62. The zero-order valence-corrected chi connectivity index (χ0v) is 16.5. The van der Waals surface area contributed by atoms with Crippen LogP contribution in [0.2, 0.25) is 0 Å². The van der Waals surface area contributed by atoms with E-state index in [1.165, 1.54) is 38.5 Å². The molecular weight excluding hydrogens is 344 g/mol. The molecule has 1 aliphatic carbocycles. The Kier molecular flexibility index (Phi) is 5.14. The molecule has 2 fully saturated rings. The van der Waals surface area contributed by atoms with Crippen LogP contribution in [-0.4, -0.2) is 38.9 Å². The zero-order valence-electron chi connectivity index (χ0n) is 15.7. The van der Waals surface area contributed by atoms with Crippen molar-refractivity contribution in [2.45, 2.75) is 51.2 Å². The molecule has 0 bridgehead atoms. The normalized spacial score (nSPS) is 23.6. The summed E-state index contributed by atoms with van der Waals surface area (Å²) in [5.41, 5.74) is 1.06. The monoisotopic (exact) mass is 372 g/mol.